The number of rotatable bonds is 8. The van der Waals surface area contributed by atoms with Crippen molar-refractivity contribution < 1.29 is 18.3 Å². The minimum absolute atomic E-state index is 0.0435. The zero-order chi connectivity index (χ0) is 27.2. The van der Waals surface area contributed by atoms with Gasteiger partial charge in [-0.1, -0.05) is 6.07 Å². The van der Waals surface area contributed by atoms with Gasteiger partial charge in [-0.15, -0.1) is 0 Å². The van der Waals surface area contributed by atoms with E-state index in [9.17, 15) is 18.3 Å². The van der Waals surface area contributed by atoms with E-state index >= 15 is 0 Å². The first kappa shape index (κ1) is 26.9. The third-order valence-electron chi connectivity index (χ3n) is 8.05. The molecule has 38 heavy (non-hydrogen) atoms. The fraction of sp³-hybridized carbons (Fsp3) is 0.571. The molecule has 1 aliphatic heterocycles. The second kappa shape index (κ2) is 9.81. The van der Waals surface area contributed by atoms with Crippen LogP contribution in [-0.2, 0) is 10.0 Å². The summed E-state index contributed by atoms with van der Waals surface area (Å²) in [6.07, 6.45) is 7.59. The van der Waals surface area contributed by atoms with E-state index < -0.39 is 15.6 Å². The fourth-order valence-corrected chi connectivity index (χ4v) is 6.87. The van der Waals surface area contributed by atoms with E-state index in [1.54, 1.807) is 45.0 Å². The standard InChI is InChI=1S/C28H39N5O4S/c1-26(2,3)32-38(36,37)21-7-4-6-20(18-21)29-25(35)22-8-9-23(31-28(19-34)10-5-11-28)30-24(22)33-16-14-27(12-13-27)15-17-33/h4,6-9,18,32,34H,5,10-17,19H2,1-3H3,(H,29,35)(H,30,31). The van der Waals surface area contributed by atoms with Crippen LogP contribution in [0.3, 0.4) is 0 Å². The summed E-state index contributed by atoms with van der Waals surface area (Å²) in [4.78, 5) is 20.7. The van der Waals surface area contributed by atoms with Crippen LogP contribution in [-0.4, -0.2) is 55.2 Å². The number of carbonyl (C=O) groups is 1. The Balaban J connectivity index is 1.40. The molecule has 2 aromatic rings. The molecule has 1 amide bonds. The zero-order valence-electron chi connectivity index (χ0n) is 22.5. The molecule has 2 heterocycles. The van der Waals surface area contributed by atoms with Gasteiger partial charge in [0.2, 0.25) is 10.0 Å². The number of hydrogen-bond donors (Lipinski definition) is 4. The van der Waals surface area contributed by atoms with Crippen molar-refractivity contribution in [1.82, 2.24) is 9.71 Å². The molecule has 1 saturated heterocycles. The van der Waals surface area contributed by atoms with E-state index in [1.807, 2.05) is 0 Å². The Morgan fingerprint density at radius 2 is 1.76 bits per heavy atom. The van der Waals surface area contributed by atoms with Crippen molar-refractivity contribution in [3.05, 3.63) is 42.0 Å². The highest BCUT2D eigenvalue weighted by molar-refractivity contribution is 7.89. The Bertz CT molecular complexity index is 1300. The Morgan fingerprint density at radius 3 is 2.34 bits per heavy atom. The first-order valence-electron chi connectivity index (χ1n) is 13.5. The number of anilines is 3. The molecular formula is C28H39N5O4S. The second-order valence-corrected chi connectivity index (χ2v) is 14.0. The van der Waals surface area contributed by atoms with E-state index in [4.69, 9.17) is 4.98 Å². The summed E-state index contributed by atoms with van der Waals surface area (Å²) in [5, 5.41) is 16.2. The summed E-state index contributed by atoms with van der Waals surface area (Å²) >= 11 is 0. The molecule has 0 radical (unpaired) electrons. The number of aliphatic hydroxyl groups excluding tert-OH is 1. The summed E-state index contributed by atoms with van der Waals surface area (Å²) in [5.41, 5.74) is 0.338. The monoisotopic (exact) mass is 541 g/mol. The average Bonchev–Trinajstić information content (AvgIpc) is 3.59. The Labute approximate surface area is 225 Å². The zero-order valence-corrected chi connectivity index (χ0v) is 23.3. The van der Waals surface area contributed by atoms with Crippen LogP contribution in [0, 0.1) is 5.41 Å². The van der Waals surface area contributed by atoms with Gasteiger partial charge in [-0.2, -0.15) is 0 Å². The SMILES string of the molecule is CC(C)(C)NS(=O)(=O)c1cccc(NC(=O)c2ccc(NC3(CO)CCC3)nc2N2CCC3(CC2)CC3)c1. The van der Waals surface area contributed by atoms with E-state index in [0.29, 0.717) is 28.3 Å². The van der Waals surface area contributed by atoms with Crippen molar-refractivity contribution in [2.75, 3.05) is 35.2 Å². The third-order valence-corrected chi connectivity index (χ3v) is 9.81. The van der Waals surface area contributed by atoms with Crippen molar-refractivity contribution in [3.8, 4) is 0 Å². The van der Waals surface area contributed by atoms with Gasteiger partial charge in [0.25, 0.3) is 5.91 Å². The van der Waals surface area contributed by atoms with Crippen LogP contribution in [0.1, 0.15) is 76.1 Å². The van der Waals surface area contributed by atoms with Crippen molar-refractivity contribution in [2.45, 2.75) is 81.7 Å². The number of piperidine rings is 1. The Kier molecular flexibility index (Phi) is 6.94. The predicted octanol–water partition coefficient (Wildman–Crippen LogP) is 4.12. The van der Waals surface area contributed by atoms with Crippen molar-refractivity contribution >= 4 is 33.3 Å². The minimum Gasteiger partial charge on any atom is -0.394 e. The van der Waals surface area contributed by atoms with E-state index in [1.165, 1.54) is 25.0 Å². The molecule has 0 unspecified atom stereocenters. The Hall–Kier alpha value is -2.69. The largest absolute Gasteiger partial charge is 0.394 e. The summed E-state index contributed by atoms with van der Waals surface area (Å²) in [6, 6.07) is 9.83. The Morgan fingerprint density at radius 1 is 1.05 bits per heavy atom. The fourth-order valence-electron chi connectivity index (χ4n) is 5.41. The van der Waals surface area contributed by atoms with Gasteiger partial charge >= 0.3 is 0 Å². The maximum absolute atomic E-state index is 13.5. The third kappa shape index (κ3) is 5.82. The maximum Gasteiger partial charge on any atom is 0.259 e. The summed E-state index contributed by atoms with van der Waals surface area (Å²) in [5.74, 6) is 0.927. The van der Waals surface area contributed by atoms with Gasteiger partial charge in [0.15, 0.2) is 0 Å². The minimum atomic E-state index is -3.74. The molecule has 2 saturated carbocycles. The first-order valence-corrected chi connectivity index (χ1v) is 15.0. The van der Waals surface area contributed by atoms with Crippen LogP contribution in [0.25, 0.3) is 0 Å². The molecule has 1 aromatic carbocycles. The van der Waals surface area contributed by atoms with Gasteiger partial charge in [0.1, 0.15) is 11.6 Å². The first-order chi connectivity index (χ1) is 17.9. The highest BCUT2D eigenvalue weighted by Crippen LogP contribution is 2.54. The van der Waals surface area contributed by atoms with Gasteiger partial charge in [-0.3, -0.25) is 4.79 Å². The molecule has 3 fully saturated rings. The molecular weight excluding hydrogens is 502 g/mol. The van der Waals surface area contributed by atoms with E-state index in [-0.39, 0.29) is 22.9 Å². The molecule has 1 aromatic heterocycles. The molecule has 1 spiro atoms. The molecule has 0 atom stereocenters. The molecule has 0 bridgehead atoms. The number of sulfonamides is 1. The lowest BCUT2D eigenvalue weighted by Gasteiger charge is -2.41. The van der Waals surface area contributed by atoms with Gasteiger partial charge in [0, 0.05) is 24.3 Å². The number of nitrogens with zero attached hydrogens (tertiary/aromatic N) is 2. The summed E-state index contributed by atoms with van der Waals surface area (Å²) in [7, 11) is -3.74. The normalized spacial score (nSPS) is 20.1. The molecule has 9 nitrogen and oxygen atoms in total. The van der Waals surface area contributed by atoms with Crippen LogP contribution < -0.4 is 20.3 Å². The van der Waals surface area contributed by atoms with Gasteiger partial charge in [0.05, 0.1) is 22.6 Å². The summed E-state index contributed by atoms with van der Waals surface area (Å²) in [6.45, 7) is 7.07. The molecule has 3 aliphatic rings. The average molecular weight is 542 g/mol. The van der Waals surface area contributed by atoms with Crippen LogP contribution in [0.2, 0.25) is 0 Å². The number of aliphatic hydroxyl groups is 1. The summed E-state index contributed by atoms with van der Waals surface area (Å²) < 4.78 is 28.3. The topological polar surface area (TPSA) is 124 Å². The highest BCUT2D eigenvalue weighted by atomic mass is 32.2. The van der Waals surface area contributed by atoms with Crippen molar-refractivity contribution in [1.29, 1.82) is 0 Å². The number of benzene rings is 1. The van der Waals surface area contributed by atoms with Crippen LogP contribution in [0.4, 0.5) is 17.3 Å². The van der Waals surface area contributed by atoms with Gasteiger partial charge in [-0.25, -0.2) is 18.1 Å². The van der Waals surface area contributed by atoms with Gasteiger partial charge < -0.3 is 20.6 Å². The van der Waals surface area contributed by atoms with E-state index in [0.717, 1.165) is 45.2 Å². The highest BCUT2D eigenvalue weighted by Gasteiger charge is 2.45. The van der Waals surface area contributed by atoms with Crippen molar-refractivity contribution in [2.24, 2.45) is 5.41 Å². The number of nitrogens with one attached hydrogen (secondary N) is 3. The smallest absolute Gasteiger partial charge is 0.259 e. The number of pyridine rings is 1. The van der Waals surface area contributed by atoms with Crippen LogP contribution in [0.15, 0.2) is 41.3 Å². The molecule has 2 aliphatic carbocycles. The van der Waals surface area contributed by atoms with Crippen molar-refractivity contribution in [3.63, 3.8) is 0 Å². The van der Waals surface area contributed by atoms with Crippen LogP contribution >= 0.6 is 0 Å². The van der Waals surface area contributed by atoms with E-state index in [2.05, 4.69) is 20.3 Å². The van der Waals surface area contributed by atoms with Crippen LogP contribution in [0.5, 0.6) is 0 Å². The number of carbonyl (C=O) groups excluding carboxylic acids is 1. The number of aromatic nitrogens is 1. The maximum atomic E-state index is 13.5. The number of hydrogen-bond acceptors (Lipinski definition) is 7. The number of amides is 1. The predicted molar refractivity (Wildman–Crippen MR) is 149 cm³/mol. The van der Waals surface area contributed by atoms with Gasteiger partial charge in [-0.05, 0) is 101 Å². The molecule has 10 heteroatoms. The lowest BCUT2D eigenvalue weighted by molar-refractivity contribution is 0.102. The molecule has 206 valence electrons. The molecule has 4 N–H and O–H groups in total. The lowest BCUT2D eigenvalue weighted by Crippen LogP contribution is -2.48. The quantitative estimate of drug-likeness (QED) is 0.396. The lowest BCUT2D eigenvalue weighted by atomic mass is 9.77. The molecule has 5 rings (SSSR count). The second-order valence-electron chi connectivity index (χ2n) is 12.3.